The normalized spacial score (nSPS) is 33.8. The molecule has 1 aromatic rings. The van der Waals surface area contributed by atoms with Crippen LogP contribution in [-0.4, -0.2) is 41.7 Å². The summed E-state index contributed by atoms with van der Waals surface area (Å²) < 4.78 is 0. The van der Waals surface area contributed by atoms with Gasteiger partial charge < -0.3 is 5.32 Å². The van der Waals surface area contributed by atoms with Gasteiger partial charge in [0.25, 0.3) is 0 Å². The van der Waals surface area contributed by atoms with E-state index in [0.29, 0.717) is 36.1 Å². The average Bonchev–Trinajstić information content (AvgIpc) is 2.91. The molecule has 3 aliphatic heterocycles. The van der Waals surface area contributed by atoms with Crippen molar-refractivity contribution in [2.24, 2.45) is 34.6 Å². The lowest BCUT2D eigenvalue weighted by atomic mass is 9.59. The number of benzene rings is 1. The third kappa shape index (κ3) is 3.30. The van der Waals surface area contributed by atoms with Gasteiger partial charge >= 0.3 is 0 Å². The number of hydrogen-bond donors (Lipinski definition) is 1. The van der Waals surface area contributed by atoms with Crippen LogP contribution in [0.3, 0.4) is 0 Å². The molecule has 4 bridgehead atoms. The fraction of sp³-hybridized carbons (Fsp3) is 0.667. The van der Waals surface area contributed by atoms with Crippen LogP contribution >= 0.6 is 0 Å². The van der Waals surface area contributed by atoms with Gasteiger partial charge in [-0.15, -0.1) is 0 Å². The van der Waals surface area contributed by atoms with E-state index in [4.69, 9.17) is 4.99 Å². The Morgan fingerprint density at radius 2 is 1.96 bits per heavy atom. The number of amides is 1. The summed E-state index contributed by atoms with van der Waals surface area (Å²) in [7, 11) is 0. The summed E-state index contributed by atoms with van der Waals surface area (Å²) in [6.07, 6.45) is 4.43. The molecule has 1 N–H and O–H groups in total. The van der Waals surface area contributed by atoms with Gasteiger partial charge in [0, 0.05) is 37.8 Å². The number of rotatable bonds is 7. The van der Waals surface area contributed by atoms with Crippen LogP contribution in [0.4, 0.5) is 0 Å². The Bertz CT molecular complexity index is 729. The molecular weight excluding hydrogens is 346 g/mol. The zero-order valence-electron chi connectivity index (χ0n) is 17.8. The van der Waals surface area contributed by atoms with Gasteiger partial charge in [0.2, 0.25) is 5.91 Å². The Morgan fingerprint density at radius 1 is 1.21 bits per heavy atom. The minimum Gasteiger partial charge on any atom is -0.350 e. The molecule has 1 amide bonds. The maximum Gasteiger partial charge on any atom is 0.250 e. The second-order valence-electron chi connectivity index (χ2n) is 9.95. The number of carbonyl (C=O) groups is 1. The molecule has 4 aliphatic rings. The SMILES string of the molecule is CC(C)C[C@@H]1[C@@H]2C=N[C@@]3(C(=O)NCc4ccccc4)[C@@H](C2)CN(CC(C)C)[C@@H]13. The maximum atomic E-state index is 13.6. The molecule has 1 aliphatic carbocycles. The molecule has 152 valence electrons. The standard InChI is InChI=1S/C24H35N3O/c1-16(2)10-21-19-11-20-15-27(14-17(3)4)22(21)24(20,26-13-19)23(28)25-12-18-8-6-5-7-9-18/h5-9,13,16-17,19-22H,10-12,14-15H2,1-4H3,(H,25,28)/t19-,20-,21+,22-,24-/m0/s1. The highest BCUT2D eigenvalue weighted by Crippen LogP contribution is 2.55. The molecule has 2 fully saturated rings. The van der Waals surface area contributed by atoms with Crippen molar-refractivity contribution in [3.8, 4) is 0 Å². The van der Waals surface area contributed by atoms with Crippen LogP contribution < -0.4 is 5.32 Å². The molecule has 0 aromatic heterocycles. The fourth-order valence-corrected chi connectivity index (χ4v) is 6.02. The van der Waals surface area contributed by atoms with Crippen LogP contribution in [0.5, 0.6) is 0 Å². The topological polar surface area (TPSA) is 44.7 Å². The summed E-state index contributed by atoms with van der Waals surface area (Å²) in [6.45, 7) is 11.8. The third-order valence-electron chi connectivity index (χ3n) is 6.92. The van der Waals surface area contributed by atoms with Crippen LogP contribution in [-0.2, 0) is 11.3 Å². The predicted molar refractivity (Wildman–Crippen MR) is 114 cm³/mol. The number of hydrogen-bond acceptors (Lipinski definition) is 3. The van der Waals surface area contributed by atoms with E-state index in [9.17, 15) is 4.79 Å². The summed E-state index contributed by atoms with van der Waals surface area (Å²) in [5.74, 6) is 2.81. The zero-order chi connectivity index (χ0) is 19.9. The molecule has 3 heterocycles. The molecule has 1 aromatic carbocycles. The number of likely N-dealkylation sites (tertiary alicyclic amines) is 1. The van der Waals surface area contributed by atoms with Gasteiger partial charge in [0.05, 0.1) is 0 Å². The number of nitrogens with zero attached hydrogens (tertiary/aromatic N) is 2. The van der Waals surface area contributed by atoms with E-state index in [-0.39, 0.29) is 11.9 Å². The van der Waals surface area contributed by atoms with Crippen LogP contribution in [0.15, 0.2) is 35.3 Å². The molecule has 5 rings (SSSR count). The van der Waals surface area contributed by atoms with Gasteiger partial charge in [0.1, 0.15) is 0 Å². The van der Waals surface area contributed by atoms with Crippen molar-refractivity contribution in [2.75, 3.05) is 13.1 Å². The van der Waals surface area contributed by atoms with E-state index in [1.807, 2.05) is 18.2 Å². The van der Waals surface area contributed by atoms with E-state index < -0.39 is 5.54 Å². The lowest BCUT2D eigenvalue weighted by Gasteiger charge is -2.51. The van der Waals surface area contributed by atoms with Gasteiger partial charge in [-0.3, -0.25) is 14.7 Å². The first kappa shape index (κ1) is 19.6. The first-order valence-corrected chi connectivity index (χ1v) is 11.0. The van der Waals surface area contributed by atoms with Gasteiger partial charge in [0.15, 0.2) is 5.54 Å². The highest BCUT2D eigenvalue weighted by atomic mass is 16.2. The summed E-state index contributed by atoms with van der Waals surface area (Å²) >= 11 is 0. The van der Waals surface area contributed by atoms with E-state index in [1.54, 1.807) is 0 Å². The Labute approximate surface area is 169 Å². The monoisotopic (exact) mass is 381 g/mol. The summed E-state index contributed by atoms with van der Waals surface area (Å²) in [4.78, 5) is 21.2. The average molecular weight is 382 g/mol. The maximum absolute atomic E-state index is 13.6. The second kappa shape index (κ2) is 7.62. The number of aliphatic imine (C=N–C) groups is 1. The molecule has 0 spiro atoms. The minimum absolute atomic E-state index is 0.140. The summed E-state index contributed by atoms with van der Waals surface area (Å²) in [6, 6.07) is 10.5. The Balaban J connectivity index is 1.62. The van der Waals surface area contributed by atoms with E-state index in [2.05, 4.69) is 56.3 Å². The van der Waals surface area contributed by atoms with Crippen molar-refractivity contribution in [1.82, 2.24) is 10.2 Å². The van der Waals surface area contributed by atoms with Crippen molar-refractivity contribution in [2.45, 2.75) is 58.7 Å². The summed E-state index contributed by atoms with van der Waals surface area (Å²) in [5, 5.41) is 3.25. The lowest BCUT2D eigenvalue weighted by Crippen LogP contribution is -2.65. The molecule has 0 radical (unpaired) electrons. The molecular formula is C24H35N3O. The molecule has 4 nitrogen and oxygen atoms in total. The Hall–Kier alpha value is -1.68. The van der Waals surface area contributed by atoms with Crippen molar-refractivity contribution in [1.29, 1.82) is 0 Å². The molecule has 1 saturated carbocycles. The smallest absolute Gasteiger partial charge is 0.250 e. The van der Waals surface area contributed by atoms with Crippen LogP contribution in [0.1, 0.15) is 46.1 Å². The molecule has 4 heteroatoms. The van der Waals surface area contributed by atoms with Gasteiger partial charge in [-0.1, -0.05) is 58.0 Å². The molecule has 1 saturated heterocycles. The lowest BCUT2D eigenvalue weighted by molar-refractivity contribution is -0.132. The zero-order valence-corrected chi connectivity index (χ0v) is 17.8. The fourth-order valence-electron chi connectivity index (χ4n) is 6.02. The van der Waals surface area contributed by atoms with Gasteiger partial charge in [-0.2, -0.15) is 0 Å². The van der Waals surface area contributed by atoms with Crippen LogP contribution in [0, 0.1) is 29.6 Å². The first-order chi connectivity index (χ1) is 13.4. The third-order valence-corrected chi connectivity index (χ3v) is 6.92. The van der Waals surface area contributed by atoms with E-state index in [1.165, 1.54) is 6.42 Å². The summed E-state index contributed by atoms with van der Waals surface area (Å²) in [5.41, 5.74) is 0.559. The van der Waals surface area contributed by atoms with E-state index in [0.717, 1.165) is 25.1 Å². The predicted octanol–water partition coefficient (Wildman–Crippen LogP) is 3.76. The molecule has 0 unspecified atom stereocenters. The second-order valence-corrected chi connectivity index (χ2v) is 9.95. The van der Waals surface area contributed by atoms with Crippen molar-refractivity contribution in [3.63, 3.8) is 0 Å². The Kier molecular flexibility index (Phi) is 5.34. The highest BCUT2D eigenvalue weighted by molar-refractivity contribution is 5.92. The first-order valence-electron chi connectivity index (χ1n) is 11.0. The van der Waals surface area contributed by atoms with Gasteiger partial charge in [-0.25, -0.2) is 0 Å². The van der Waals surface area contributed by atoms with E-state index >= 15 is 0 Å². The number of nitrogens with one attached hydrogen (secondary N) is 1. The molecule has 28 heavy (non-hydrogen) atoms. The quantitative estimate of drug-likeness (QED) is 0.781. The van der Waals surface area contributed by atoms with Crippen molar-refractivity contribution < 1.29 is 4.79 Å². The number of carbonyl (C=O) groups excluding carboxylic acids is 1. The largest absolute Gasteiger partial charge is 0.350 e. The molecule has 5 atom stereocenters. The van der Waals surface area contributed by atoms with Crippen molar-refractivity contribution in [3.05, 3.63) is 35.9 Å². The Morgan fingerprint density at radius 3 is 2.64 bits per heavy atom. The van der Waals surface area contributed by atoms with Crippen LogP contribution in [0.25, 0.3) is 0 Å². The highest BCUT2D eigenvalue weighted by Gasteiger charge is 2.67. The van der Waals surface area contributed by atoms with Crippen molar-refractivity contribution >= 4 is 12.1 Å². The minimum atomic E-state index is -0.585. The van der Waals surface area contributed by atoms with Gasteiger partial charge in [-0.05, 0) is 42.1 Å². The van der Waals surface area contributed by atoms with Crippen LogP contribution in [0.2, 0.25) is 0 Å².